The highest BCUT2D eigenvalue weighted by Crippen LogP contribution is 2.59. The molecule has 0 saturated heterocycles. The molecule has 0 unspecified atom stereocenters. The third kappa shape index (κ3) is 2.18. The Morgan fingerprint density at radius 3 is 1.56 bits per heavy atom. The summed E-state index contributed by atoms with van der Waals surface area (Å²) >= 11 is 0. The minimum absolute atomic E-state index is 0.0486. The van der Waals surface area contributed by atoms with Crippen molar-refractivity contribution in [2.75, 3.05) is 14.2 Å². The van der Waals surface area contributed by atoms with E-state index in [1.807, 2.05) is 13.8 Å². The molecule has 0 atom stereocenters. The Bertz CT molecular complexity index is 80.3. The summed E-state index contributed by atoms with van der Waals surface area (Å²) in [4.78, 5) is 9.37. The normalized spacial score (nSPS) is 12.7. The van der Waals surface area contributed by atoms with E-state index in [-0.39, 0.29) is 5.66 Å². The summed E-state index contributed by atoms with van der Waals surface area (Å²) in [5, 5.41) is 0. The molecule has 56 valence electrons. The van der Waals surface area contributed by atoms with Gasteiger partial charge in [-0.25, -0.2) is 0 Å². The van der Waals surface area contributed by atoms with Crippen LogP contribution in [-0.4, -0.2) is 24.8 Å². The summed E-state index contributed by atoms with van der Waals surface area (Å²) in [6.07, 6.45) is 0. The maximum Gasteiger partial charge on any atom is 0.410 e. The van der Waals surface area contributed by atoms with Crippen molar-refractivity contribution in [3.8, 4) is 0 Å². The van der Waals surface area contributed by atoms with Crippen LogP contribution in [0.1, 0.15) is 13.8 Å². The van der Waals surface area contributed by atoms with Gasteiger partial charge in [-0.1, -0.05) is 0 Å². The zero-order chi connectivity index (χ0) is 7.49. The first-order valence-electron chi connectivity index (χ1n) is 2.79. The molecule has 0 aromatic heterocycles. The molecule has 0 heterocycles. The molecule has 0 saturated carbocycles. The lowest BCUT2D eigenvalue weighted by Crippen LogP contribution is -2.08. The summed E-state index contributed by atoms with van der Waals surface area (Å²) in [5.41, 5.74) is 0.0486. The van der Waals surface area contributed by atoms with E-state index < -0.39 is 7.94 Å². The molecule has 4 heteroatoms. The fourth-order valence-corrected chi connectivity index (χ4v) is 1.49. The van der Waals surface area contributed by atoms with Crippen molar-refractivity contribution >= 4 is 7.94 Å². The van der Waals surface area contributed by atoms with Crippen molar-refractivity contribution in [1.82, 2.24) is 0 Å². The van der Waals surface area contributed by atoms with E-state index in [4.69, 9.17) is 9.05 Å². The number of hydrogen-bond acceptors (Lipinski definition) is 3. The van der Waals surface area contributed by atoms with E-state index in [9.17, 15) is 4.89 Å². The Morgan fingerprint density at radius 2 is 1.56 bits per heavy atom. The van der Waals surface area contributed by atoms with Gasteiger partial charge >= 0.3 is 7.94 Å². The van der Waals surface area contributed by atoms with Crippen LogP contribution in [0.4, 0.5) is 0 Å². The number of hydrogen-bond donors (Lipinski definition) is 1. The molecule has 0 amide bonds. The van der Waals surface area contributed by atoms with Gasteiger partial charge in [0, 0.05) is 0 Å². The predicted octanol–water partition coefficient (Wildman–Crippen LogP) is 1.44. The SMILES string of the molecule is CO[P+](O)(OC)C(C)C. The van der Waals surface area contributed by atoms with Crippen molar-refractivity contribution in [2.45, 2.75) is 19.5 Å². The second kappa shape index (κ2) is 3.47. The van der Waals surface area contributed by atoms with Gasteiger partial charge in [0.25, 0.3) is 0 Å². The van der Waals surface area contributed by atoms with E-state index in [0.717, 1.165) is 0 Å². The molecule has 0 aliphatic carbocycles. The van der Waals surface area contributed by atoms with Gasteiger partial charge in [-0.3, -0.25) is 0 Å². The van der Waals surface area contributed by atoms with Crippen LogP contribution in [-0.2, 0) is 9.05 Å². The van der Waals surface area contributed by atoms with E-state index in [0.29, 0.717) is 0 Å². The molecule has 9 heavy (non-hydrogen) atoms. The van der Waals surface area contributed by atoms with Crippen molar-refractivity contribution in [3.63, 3.8) is 0 Å². The molecule has 0 spiro atoms. The summed E-state index contributed by atoms with van der Waals surface area (Å²) in [5.74, 6) is 0. The minimum Gasteiger partial charge on any atom is -0.192 e. The van der Waals surface area contributed by atoms with Crippen molar-refractivity contribution in [1.29, 1.82) is 0 Å². The third-order valence-corrected chi connectivity index (χ3v) is 3.53. The van der Waals surface area contributed by atoms with Gasteiger partial charge in [0.2, 0.25) is 0 Å². The van der Waals surface area contributed by atoms with Crippen LogP contribution >= 0.6 is 7.94 Å². The van der Waals surface area contributed by atoms with Crippen LogP contribution in [0.25, 0.3) is 0 Å². The smallest absolute Gasteiger partial charge is 0.192 e. The Kier molecular flexibility index (Phi) is 3.59. The zero-order valence-corrected chi connectivity index (χ0v) is 7.18. The van der Waals surface area contributed by atoms with Gasteiger partial charge < -0.3 is 0 Å². The van der Waals surface area contributed by atoms with Gasteiger partial charge in [0.1, 0.15) is 5.66 Å². The highest BCUT2D eigenvalue weighted by molar-refractivity contribution is 7.61. The fraction of sp³-hybridized carbons (Fsp3) is 1.00. The summed E-state index contributed by atoms with van der Waals surface area (Å²) in [7, 11) is 0.408. The Labute approximate surface area is 56.6 Å². The Hall–Kier alpha value is 0.310. The topological polar surface area (TPSA) is 38.7 Å². The maximum absolute atomic E-state index is 9.37. The second-order valence-corrected chi connectivity index (χ2v) is 4.91. The highest BCUT2D eigenvalue weighted by atomic mass is 31.2. The molecule has 0 aliphatic heterocycles. The first kappa shape index (κ1) is 9.31. The molecule has 3 nitrogen and oxygen atoms in total. The molecule has 0 bridgehead atoms. The van der Waals surface area contributed by atoms with Gasteiger partial charge in [-0.2, -0.15) is 13.9 Å². The molecule has 0 radical (unpaired) electrons. The first-order chi connectivity index (χ1) is 4.06. The zero-order valence-electron chi connectivity index (χ0n) is 6.29. The van der Waals surface area contributed by atoms with E-state index in [2.05, 4.69) is 0 Å². The second-order valence-electron chi connectivity index (χ2n) is 2.02. The molecule has 0 aliphatic rings. The lowest BCUT2D eigenvalue weighted by Gasteiger charge is -2.15. The van der Waals surface area contributed by atoms with Gasteiger partial charge in [-0.15, -0.1) is 0 Å². The molecule has 0 rings (SSSR count). The summed E-state index contributed by atoms with van der Waals surface area (Å²) in [6, 6.07) is 0. The molecular weight excluding hydrogens is 139 g/mol. The van der Waals surface area contributed by atoms with Crippen LogP contribution in [0, 0.1) is 0 Å². The first-order valence-corrected chi connectivity index (χ1v) is 4.44. The predicted molar refractivity (Wildman–Crippen MR) is 38.3 cm³/mol. The van der Waals surface area contributed by atoms with Crippen LogP contribution in [0.2, 0.25) is 0 Å². The van der Waals surface area contributed by atoms with E-state index in [1.54, 1.807) is 0 Å². The quantitative estimate of drug-likeness (QED) is 0.623. The highest BCUT2D eigenvalue weighted by Gasteiger charge is 2.42. The molecule has 0 fully saturated rings. The molecule has 1 N–H and O–H groups in total. The van der Waals surface area contributed by atoms with Gasteiger partial charge in [-0.05, 0) is 13.8 Å². The van der Waals surface area contributed by atoms with Crippen molar-refractivity contribution in [3.05, 3.63) is 0 Å². The average molecular weight is 153 g/mol. The number of rotatable bonds is 3. The van der Waals surface area contributed by atoms with Gasteiger partial charge in [0.15, 0.2) is 0 Å². The fourth-order valence-electron chi connectivity index (χ4n) is 0.496. The lowest BCUT2D eigenvalue weighted by atomic mass is 10.6. The summed E-state index contributed by atoms with van der Waals surface area (Å²) < 4.78 is 9.59. The van der Waals surface area contributed by atoms with Crippen LogP contribution < -0.4 is 0 Å². The van der Waals surface area contributed by atoms with Gasteiger partial charge in [0.05, 0.1) is 14.2 Å². The molecular formula is C5H14O3P+. The molecule has 0 aromatic rings. The lowest BCUT2D eigenvalue weighted by molar-refractivity contribution is 0.233. The van der Waals surface area contributed by atoms with Crippen LogP contribution in [0.3, 0.4) is 0 Å². The maximum atomic E-state index is 9.37. The van der Waals surface area contributed by atoms with Crippen molar-refractivity contribution < 1.29 is 13.9 Å². The molecule has 0 aromatic carbocycles. The third-order valence-electron chi connectivity index (χ3n) is 1.18. The standard InChI is InChI=1S/C5H14O3P/c1-5(2)9(6,7-3)8-4/h5-6H,1-4H3/q+1. The summed E-state index contributed by atoms with van der Waals surface area (Å²) in [6.45, 7) is 3.72. The van der Waals surface area contributed by atoms with Crippen LogP contribution in [0.15, 0.2) is 0 Å². The van der Waals surface area contributed by atoms with Crippen molar-refractivity contribution in [2.24, 2.45) is 0 Å². The van der Waals surface area contributed by atoms with E-state index in [1.165, 1.54) is 14.2 Å². The largest absolute Gasteiger partial charge is 0.410 e. The Morgan fingerprint density at radius 1 is 1.22 bits per heavy atom. The average Bonchev–Trinajstić information content (AvgIpc) is 1.86. The van der Waals surface area contributed by atoms with E-state index >= 15 is 0 Å². The monoisotopic (exact) mass is 153 g/mol. The minimum atomic E-state index is -2.50. The van der Waals surface area contributed by atoms with Crippen LogP contribution in [0.5, 0.6) is 0 Å². The Balaban J connectivity index is 3.92.